The zero-order valence-electron chi connectivity index (χ0n) is 29.6. The standard InChI is InChI=1S/C50H38N2O/c1-34-21-32-47-45(33-34)43-31-30-42(37-24-22-36(23-25-37)35-13-5-2-6-14-35)49-48(50(43)53-47)44-19-11-12-20-46(44)52(49)41-28-26-40(27-29-41)51(38-15-7-3-8-16-38)39-17-9-4-10-18-39/h2-30,32,34H,31,33H2,1H3. The third-order valence-electron chi connectivity index (χ3n) is 10.8. The van der Waals surface area contributed by atoms with E-state index in [9.17, 15) is 0 Å². The SMILES string of the molecule is CC1C=Cc2oc3c(c2C1)CC=C(c1ccc(-c2ccccc2)cc1)c1c-3c2ccccc2n1-c1ccc(N(c2ccccc2)c2ccccc2)cc1. The van der Waals surface area contributed by atoms with Gasteiger partial charge in [0.05, 0.1) is 16.8 Å². The zero-order chi connectivity index (χ0) is 35.3. The highest BCUT2D eigenvalue weighted by Gasteiger charge is 2.32. The largest absolute Gasteiger partial charge is 0.456 e. The minimum Gasteiger partial charge on any atom is -0.456 e. The van der Waals surface area contributed by atoms with Gasteiger partial charge < -0.3 is 13.9 Å². The molecular formula is C50H38N2O. The van der Waals surface area contributed by atoms with E-state index >= 15 is 0 Å². The number of hydrogen-bond acceptors (Lipinski definition) is 2. The Bertz CT molecular complexity index is 2600. The van der Waals surface area contributed by atoms with Crippen molar-refractivity contribution in [3.8, 4) is 28.1 Å². The smallest absolute Gasteiger partial charge is 0.141 e. The van der Waals surface area contributed by atoms with E-state index in [2.05, 4.69) is 198 Å². The Labute approximate surface area is 310 Å². The van der Waals surface area contributed by atoms with Gasteiger partial charge in [-0.3, -0.25) is 0 Å². The second kappa shape index (κ2) is 12.9. The highest BCUT2D eigenvalue weighted by Crippen LogP contribution is 2.49. The maximum atomic E-state index is 6.91. The van der Waals surface area contributed by atoms with Crippen LogP contribution in [0.2, 0.25) is 0 Å². The summed E-state index contributed by atoms with van der Waals surface area (Å²) in [7, 11) is 0. The zero-order valence-corrected chi connectivity index (χ0v) is 29.6. The summed E-state index contributed by atoms with van der Waals surface area (Å²) in [4.78, 5) is 2.31. The van der Waals surface area contributed by atoms with Gasteiger partial charge in [0.1, 0.15) is 11.5 Å². The number of hydrogen-bond donors (Lipinski definition) is 0. The fourth-order valence-electron chi connectivity index (χ4n) is 8.31. The van der Waals surface area contributed by atoms with Crippen molar-refractivity contribution in [2.45, 2.75) is 19.8 Å². The fraction of sp³-hybridized carbons (Fsp3) is 0.0800. The molecule has 0 N–H and O–H groups in total. The Morgan fingerprint density at radius 1 is 0.585 bits per heavy atom. The molecule has 8 aromatic rings. The monoisotopic (exact) mass is 682 g/mol. The molecule has 0 fully saturated rings. The van der Waals surface area contributed by atoms with Crippen molar-refractivity contribution < 1.29 is 4.42 Å². The van der Waals surface area contributed by atoms with Gasteiger partial charge in [-0.15, -0.1) is 0 Å². The van der Waals surface area contributed by atoms with Crippen LogP contribution >= 0.6 is 0 Å². The summed E-state index contributed by atoms with van der Waals surface area (Å²) in [6.45, 7) is 2.29. The van der Waals surface area contributed by atoms with Crippen LogP contribution < -0.4 is 4.90 Å². The van der Waals surface area contributed by atoms with E-state index in [0.29, 0.717) is 5.92 Å². The van der Waals surface area contributed by atoms with Gasteiger partial charge in [0, 0.05) is 44.8 Å². The molecule has 53 heavy (non-hydrogen) atoms. The summed E-state index contributed by atoms with van der Waals surface area (Å²) < 4.78 is 9.36. The van der Waals surface area contributed by atoms with Crippen molar-refractivity contribution in [3.05, 3.63) is 204 Å². The van der Waals surface area contributed by atoms with Crippen LogP contribution in [0.3, 0.4) is 0 Å². The molecule has 0 saturated heterocycles. The molecule has 2 aromatic heterocycles. The predicted octanol–water partition coefficient (Wildman–Crippen LogP) is 13.2. The molecule has 1 atom stereocenters. The van der Waals surface area contributed by atoms with E-state index in [0.717, 1.165) is 58.3 Å². The number of fused-ring (bicyclic) bond motifs is 7. The van der Waals surface area contributed by atoms with Crippen LogP contribution in [0.1, 0.15) is 35.1 Å². The molecular weight excluding hydrogens is 645 g/mol. The summed E-state index contributed by atoms with van der Waals surface area (Å²) in [5, 5.41) is 1.19. The molecule has 2 aliphatic rings. The molecule has 2 heterocycles. The molecule has 6 aromatic carbocycles. The number of nitrogens with zero attached hydrogens (tertiary/aromatic N) is 2. The number of allylic oxidation sites excluding steroid dienone is 2. The molecule has 1 unspecified atom stereocenters. The van der Waals surface area contributed by atoms with Crippen LogP contribution in [0.4, 0.5) is 17.1 Å². The van der Waals surface area contributed by atoms with Gasteiger partial charge in [-0.25, -0.2) is 0 Å². The molecule has 0 aliphatic heterocycles. The second-order valence-electron chi connectivity index (χ2n) is 14.2. The molecule has 3 heteroatoms. The molecule has 0 bridgehead atoms. The highest BCUT2D eigenvalue weighted by molar-refractivity contribution is 6.06. The molecule has 10 rings (SSSR count). The quantitative estimate of drug-likeness (QED) is 0.174. The Hall–Kier alpha value is -6.58. The lowest BCUT2D eigenvalue weighted by Crippen LogP contribution is -2.10. The normalized spacial score (nSPS) is 14.6. The third-order valence-corrected chi connectivity index (χ3v) is 10.8. The maximum absolute atomic E-state index is 6.91. The number of aromatic nitrogens is 1. The Kier molecular flexibility index (Phi) is 7.58. The van der Waals surface area contributed by atoms with E-state index in [-0.39, 0.29) is 0 Å². The summed E-state index contributed by atoms with van der Waals surface area (Å²) >= 11 is 0. The number of furan rings is 1. The topological polar surface area (TPSA) is 21.3 Å². The summed E-state index contributed by atoms with van der Waals surface area (Å²) in [6, 6.07) is 58.7. The first kappa shape index (κ1) is 31.2. The van der Waals surface area contributed by atoms with E-state index in [1.54, 1.807) is 0 Å². The summed E-state index contributed by atoms with van der Waals surface area (Å²) in [5.74, 6) is 2.49. The minimum absolute atomic E-state index is 0.479. The molecule has 254 valence electrons. The summed E-state index contributed by atoms with van der Waals surface area (Å²) in [6.07, 6.45) is 8.72. The van der Waals surface area contributed by atoms with Gasteiger partial charge in [-0.05, 0) is 96.1 Å². The average molecular weight is 683 g/mol. The molecule has 0 radical (unpaired) electrons. The first-order valence-electron chi connectivity index (χ1n) is 18.5. The van der Waals surface area contributed by atoms with Crippen LogP contribution in [0, 0.1) is 5.92 Å². The molecule has 3 nitrogen and oxygen atoms in total. The Morgan fingerprint density at radius 3 is 1.87 bits per heavy atom. The van der Waals surface area contributed by atoms with E-state index in [1.165, 1.54) is 44.3 Å². The lowest BCUT2D eigenvalue weighted by Gasteiger charge is -2.25. The van der Waals surface area contributed by atoms with Gasteiger partial charge in [0.25, 0.3) is 0 Å². The van der Waals surface area contributed by atoms with Crippen LogP contribution in [0.25, 0.3) is 50.7 Å². The maximum Gasteiger partial charge on any atom is 0.141 e. The molecule has 0 spiro atoms. The summed E-state index contributed by atoms with van der Waals surface area (Å²) in [5.41, 5.74) is 15.4. The number of para-hydroxylation sites is 3. The Balaban J connectivity index is 1.18. The first-order chi connectivity index (χ1) is 26.2. The number of benzene rings is 6. The second-order valence-corrected chi connectivity index (χ2v) is 14.2. The van der Waals surface area contributed by atoms with Crippen molar-refractivity contribution in [1.82, 2.24) is 4.57 Å². The average Bonchev–Trinajstić information content (AvgIpc) is 3.69. The third kappa shape index (κ3) is 5.36. The van der Waals surface area contributed by atoms with E-state index in [1.807, 2.05) is 0 Å². The van der Waals surface area contributed by atoms with Gasteiger partial charge in [0.2, 0.25) is 0 Å². The Morgan fingerprint density at radius 2 is 1.17 bits per heavy atom. The van der Waals surface area contributed by atoms with Crippen molar-refractivity contribution in [1.29, 1.82) is 0 Å². The minimum atomic E-state index is 0.479. The van der Waals surface area contributed by atoms with Gasteiger partial charge in [0.15, 0.2) is 0 Å². The van der Waals surface area contributed by atoms with Crippen LogP contribution in [0.5, 0.6) is 0 Å². The number of anilines is 3. The van der Waals surface area contributed by atoms with Gasteiger partial charge in [-0.2, -0.15) is 0 Å². The van der Waals surface area contributed by atoms with Gasteiger partial charge >= 0.3 is 0 Å². The number of rotatable bonds is 6. The molecule has 0 amide bonds. The van der Waals surface area contributed by atoms with Gasteiger partial charge in [-0.1, -0.05) is 128 Å². The molecule has 0 saturated carbocycles. The van der Waals surface area contributed by atoms with Crippen LogP contribution in [-0.4, -0.2) is 4.57 Å². The fourth-order valence-corrected chi connectivity index (χ4v) is 8.31. The first-order valence-corrected chi connectivity index (χ1v) is 18.5. The molecule has 2 aliphatic carbocycles. The van der Waals surface area contributed by atoms with E-state index < -0.39 is 0 Å². The lowest BCUT2D eigenvalue weighted by molar-refractivity contribution is 0.557. The van der Waals surface area contributed by atoms with Crippen molar-refractivity contribution in [2.24, 2.45) is 5.92 Å². The van der Waals surface area contributed by atoms with Crippen LogP contribution in [-0.2, 0) is 12.8 Å². The van der Waals surface area contributed by atoms with Crippen molar-refractivity contribution in [2.75, 3.05) is 4.90 Å². The lowest BCUT2D eigenvalue weighted by atomic mass is 9.90. The van der Waals surface area contributed by atoms with Crippen LogP contribution in [0.15, 0.2) is 180 Å². The predicted molar refractivity (Wildman–Crippen MR) is 220 cm³/mol. The van der Waals surface area contributed by atoms with Crippen molar-refractivity contribution in [3.63, 3.8) is 0 Å². The van der Waals surface area contributed by atoms with Crippen molar-refractivity contribution >= 4 is 39.6 Å². The van der Waals surface area contributed by atoms with E-state index in [4.69, 9.17) is 4.42 Å². The highest BCUT2D eigenvalue weighted by atomic mass is 16.3.